The molecule has 0 atom stereocenters. The van der Waals surface area contributed by atoms with E-state index in [-0.39, 0.29) is 35.5 Å². The van der Waals surface area contributed by atoms with Gasteiger partial charge in [-0.2, -0.15) is 5.10 Å². The van der Waals surface area contributed by atoms with Crippen molar-refractivity contribution >= 4 is 29.4 Å². The van der Waals surface area contributed by atoms with Gasteiger partial charge in [0.05, 0.1) is 21.6 Å². The van der Waals surface area contributed by atoms with Crippen LogP contribution in [0, 0.1) is 20.2 Å². The predicted octanol–water partition coefficient (Wildman–Crippen LogP) is 2.16. The summed E-state index contributed by atoms with van der Waals surface area (Å²) < 4.78 is 0. The Bertz CT molecular complexity index is 959. The van der Waals surface area contributed by atoms with Crippen molar-refractivity contribution in [3.63, 3.8) is 0 Å². The third-order valence-electron chi connectivity index (χ3n) is 3.71. The molecule has 150 valence electrons. The van der Waals surface area contributed by atoms with E-state index in [9.17, 15) is 29.8 Å². The SMILES string of the molecule is O=C(CCCNC(=O)c1cccc([N+](=O)[O-])c1)N/N=C/c1ccccc1[N+](=O)[O-]. The van der Waals surface area contributed by atoms with Crippen LogP contribution in [0.15, 0.2) is 53.6 Å². The summed E-state index contributed by atoms with van der Waals surface area (Å²) in [6.07, 6.45) is 1.55. The molecule has 0 heterocycles. The van der Waals surface area contributed by atoms with Crippen LogP contribution in [-0.4, -0.2) is 34.4 Å². The number of para-hydroxylation sites is 1. The van der Waals surface area contributed by atoms with Gasteiger partial charge in [0.2, 0.25) is 5.91 Å². The van der Waals surface area contributed by atoms with Gasteiger partial charge in [0.1, 0.15) is 0 Å². The summed E-state index contributed by atoms with van der Waals surface area (Å²) in [6.45, 7) is 0.183. The summed E-state index contributed by atoms with van der Waals surface area (Å²) in [7, 11) is 0. The number of hydrogen-bond acceptors (Lipinski definition) is 7. The fourth-order valence-electron chi connectivity index (χ4n) is 2.31. The molecule has 2 rings (SSSR count). The van der Waals surface area contributed by atoms with E-state index in [0.717, 1.165) is 0 Å². The summed E-state index contributed by atoms with van der Waals surface area (Å²) in [5.41, 5.74) is 2.34. The van der Waals surface area contributed by atoms with Crippen molar-refractivity contribution in [1.29, 1.82) is 0 Å². The molecular weight excluding hydrogens is 382 g/mol. The molecule has 0 saturated carbocycles. The zero-order valence-corrected chi connectivity index (χ0v) is 15.1. The number of carbonyl (C=O) groups is 2. The van der Waals surface area contributed by atoms with Crippen LogP contribution in [0.25, 0.3) is 0 Å². The molecule has 0 aromatic heterocycles. The van der Waals surface area contributed by atoms with Gasteiger partial charge < -0.3 is 5.32 Å². The highest BCUT2D eigenvalue weighted by Crippen LogP contribution is 2.15. The lowest BCUT2D eigenvalue weighted by Gasteiger charge is -2.05. The molecule has 0 aliphatic carbocycles. The minimum atomic E-state index is -0.592. The van der Waals surface area contributed by atoms with Crippen LogP contribution in [0.2, 0.25) is 0 Å². The van der Waals surface area contributed by atoms with Gasteiger partial charge in [0, 0.05) is 36.7 Å². The maximum absolute atomic E-state index is 12.0. The lowest BCUT2D eigenvalue weighted by Crippen LogP contribution is -2.26. The maximum atomic E-state index is 12.0. The van der Waals surface area contributed by atoms with E-state index < -0.39 is 21.7 Å². The van der Waals surface area contributed by atoms with Gasteiger partial charge in [0.25, 0.3) is 17.3 Å². The number of amides is 2. The van der Waals surface area contributed by atoms with E-state index in [4.69, 9.17) is 0 Å². The first-order chi connectivity index (χ1) is 13.9. The number of non-ortho nitro benzene ring substituents is 1. The minimum absolute atomic E-state index is 0.0590. The number of hydrogen-bond donors (Lipinski definition) is 2. The van der Waals surface area contributed by atoms with Crippen molar-refractivity contribution in [2.45, 2.75) is 12.8 Å². The van der Waals surface area contributed by atoms with Crippen LogP contribution in [-0.2, 0) is 4.79 Å². The second-order valence-corrected chi connectivity index (χ2v) is 5.78. The minimum Gasteiger partial charge on any atom is -0.352 e. The number of nitro benzene ring substituents is 2. The maximum Gasteiger partial charge on any atom is 0.278 e. The highest BCUT2D eigenvalue weighted by molar-refractivity contribution is 5.94. The number of benzene rings is 2. The number of nitrogens with one attached hydrogen (secondary N) is 2. The molecule has 0 fully saturated rings. The molecule has 2 amide bonds. The Labute approximate surface area is 164 Å². The van der Waals surface area contributed by atoms with Gasteiger partial charge in [-0.25, -0.2) is 5.43 Å². The van der Waals surface area contributed by atoms with Crippen LogP contribution >= 0.6 is 0 Å². The molecule has 0 radical (unpaired) electrons. The van der Waals surface area contributed by atoms with Gasteiger partial charge >= 0.3 is 0 Å². The van der Waals surface area contributed by atoms with Gasteiger partial charge in [-0.05, 0) is 18.6 Å². The first kappa shape index (κ1) is 21.2. The average molecular weight is 399 g/mol. The Hall–Kier alpha value is -4.15. The first-order valence-electron chi connectivity index (χ1n) is 8.46. The lowest BCUT2D eigenvalue weighted by atomic mass is 10.2. The summed E-state index contributed by atoms with van der Waals surface area (Å²) in [4.78, 5) is 44.2. The Morgan fingerprint density at radius 3 is 2.52 bits per heavy atom. The van der Waals surface area contributed by atoms with E-state index in [0.29, 0.717) is 6.42 Å². The normalized spacial score (nSPS) is 10.5. The standard InChI is InChI=1S/C18H17N5O6/c24-17(21-20-12-14-5-1-2-8-16(14)23(28)29)9-4-10-19-18(25)13-6-3-7-15(11-13)22(26)27/h1-3,5-8,11-12H,4,9-10H2,(H,19,25)(H,21,24)/b20-12+. The Morgan fingerprint density at radius 2 is 1.79 bits per heavy atom. The summed E-state index contributed by atoms with van der Waals surface area (Å²) in [5.74, 6) is -0.909. The molecule has 11 nitrogen and oxygen atoms in total. The average Bonchev–Trinajstić information content (AvgIpc) is 2.71. The Balaban J connectivity index is 1.75. The summed E-state index contributed by atoms with van der Waals surface area (Å²) >= 11 is 0. The molecule has 0 saturated heterocycles. The largest absolute Gasteiger partial charge is 0.352 e. The number of rotatable bonds is 9. The van der Waals surface area contributed by atoms with E-state index in [2.05, 4.69) is 15.8 Å². The topological polar surface area (TPSA) is 157 Å². The quantitative estimate of drug-likeness (QED) is 0.285. The van der Waals surface area contributed by atoms with Gasteiger partial charge in [-0.15, -0.1) is 0 Å². The number of nitrogens with zero attached hydrogens (tertiary/aromatic N) is 3. The van der Waals surface area contributed by atoms with Crippen LogP contribution in [0.5, 0.6) is 0 Å². The van der Waals surface area contributed by atoms with E-state index in [1.165, 1.54) is 48.7 Å². The third kappa shape index (κ3) is 6.50. The molecule has 0 unspecified atom stereocenters. The second kappa shape index (κ2) is 10.3. The molecule has 0 spiro atoms. The summed E-state index contributed by atoms with van der Waals surface area (Å²) in [6, 6.07) is 11.3. The van der Waals surface area contributed by atoms with Crippen LogP contribution in [0.1, 0.15) is 28.8 Å². The van der Waals surface area contributed by atoms with Crippen molar-refractivity contribution in [2.75, 3.05) is 6.54 Å². The predicted molar refractivity (Wildman–Crippen MR) is 103 cm³/mol. The zero-order valence-electron chi connectivity index (χ0n) is 15.1. The molecule has 0 bridgehead atoms. The first-order valence-corrected chi connectivity index (χ1v) is 8.46. The van der Waals surface area contributed by atoms with Gasteiger partial charge in [0.15, 0.2) is 0 Å². The monoisotopic (exact) mass is 399 g/mol. The number of hydrazone groups is 1. The van der Waals surface area contributed by atoms with Crippen molar-refractivity contribution in [1.82, 2.24) is 10.7 Å². The van der Waals surface area contributed by atoms with Crippen molar-refractivity contribution in [2.24, 2.45) is 5.10 Å². The van der Waals surface area contributed by atoms with Gasteiger partial charge in [-0.3, -0.25) is 29.8 Å². The molecule has 29 heavy (non-hydrogen) atoms. The third-order valence-corrected chi connectivity index (χ3v) is 3.71. The lowest BCUT2D eigenvalue weighted by molar-refractivity contribution is -0.385. The van der Waals surface area contributed by atoms with Crippen molar-refractivity contribution in [3.8, 4) is 0 Å². The zero-order chi connectivity index (χ0) is 21.2. The highest BCUT2D eigenvalue weighted by Gasteiger charge is 2.12. The van der Waals surface area contributed by atoms with Crippen molar-refractivity contribution in [3.05, 3.63) is 79.9 Å². The summed E-state index contributed by atoms with van der Waals surface area (Å²) in [5, 5.41) is 27.9. The Morgan fingerprint density at radius 1 is 1.03 bits per heavy atom. The van der Waals surface area contributed by atoms with E-state index in [1.807, 2.05) is 0 Å². The van der Waals surface area contributed by atoms with Crippen molar-refractivity contribution < 1.29 is 19.4 Å². The smallest absolute Gasteiger partial charge is 0.278 e. The second-order valence-electron chi connectivity index (χ2n) is 5.78. The van der Waals surface area contributed by atoms with Crippen LogP contribution in [0.4, 0.5) is 11.4 Å². The highest BCUT2D eigenvalue weighted by atomic mass is 16.6. The molecule has 2 N–H and O–H groups in total. The Kier molecular flexibility index (Phi) is 7.48. The molecular formula is C18H17N5O6. The molecule has 0 aliphatic rings. The molecule has 2 aromatic rings. The molecule has 11 heteroatoms. The fourth-order valence-corrected chi connectivity index (χ4v) is 2.31. The van der Waals surface area contributed by atoms with Crippen LogP contribution in [0.3, 0.4) is 0 Å². The van der Waals surface area contributed by atoms with Gasteiger partial charge in [-0.1, -0.05) is 18.2 Å². The molecule has 0 aliphatic heterocycles. The van der Waals surface area contributed by atoms with Crippen LogP contribution < -0.4 is 10.7 Å². The number of carbonyl (C=O) groups excluding carboxylic acids is 2. The van der Waals surface area contributed by atoms with E-state index >= 15 is 0 Å². The number of nitro groups is 2. The van der Waals surface area contributed by atoms with E-state index in [1.54, 1.807) is 6.07 Å². The fraction of sp³-hybridized carbons (Fsp3) is 0.167. The molecule has 2 aromatic carbocycles.